The van der Waals surface area contributed by atoms with Crippen LogP contribution in [0.15, 0.2) is 30.4 Å². The molecule has 0 amide bonds. The summed E-state index contributed by atoms with van der Waals surface area (Å²) in [5.74, 6) is -0.257. The van der Waals surface area contributed by atoms with Crippen molar-refractivity contribution in [2.45, 2.75) is 6.42 Å². The monoisotopic (exact) mass is 220 g/mol. The van der Waals surface area contributed by atoms with Crippen LogP contribution in [0.1, 0.15) is 5.56 Å². The Balaban J connectivity index is 2.15. The maximum absolute atomic E-state index is 10.4. The maximum atomic E-state index is 10.4. The maximum Gasteiger partial charge on any atom is 0.327 e. The van der Waals surface area contributed by atoms with Crippen molar-refractivity contribution < 1.29 is 19.7 Å². The molecule has 0 aliphatic carbocycles. The summed E-state index contributed by atoms with van der Waals surface area (Å²) in [4.78, 5) is 10.4. The summed E-state index contributed by atoms with van der Waals surface area (Å²) in [6, 6.07) is 5.20. The molecule has 0 bridgehead atoms. The molecule has 0 saturated carbocycles. The molecule has 1 aliphatic rings. The first-order valence-electron chi connectivity index (χ1n) is 5.01. The van der Waals surface area contributed by atoms with Crippen LogP contribution in [0.25, 0.3) is 0 Å². The number of phenolic OH excluding ortho intramolecular Hbond substituents is 1. The van der Waals surface area contributed by atoms with E-state index in [1.54, 1.807) is 18.2 Å². The summed E-state index contributed by atoms with van der Waals surface area (Å²) in [5, 5.41) is 18.0. The van der Waals surface area contributed by atoms with Gasteiger partial charge in [-0.1, -0.05) is 18.2 Å². The Morgan fingerprint density at radius 1 is 1.50 bits per heavy atom. The fourth-order valence-corrected chi connectivity index (χ4v) is 1.77. The molecule has 0 fully saturated rings. The van der Waals surface area contributed by atoms with Crippen molar-refractivity contribution in [3.05, 3.63) is 35.9 Å². The number of aliphatic carboxylic acids is 1. The van der Waals surface area contributed by atoms with Gasteiger partial charge in [0.1, 0.15) is 0 Å². The fraction of sp³-hybridized carbons (Fsp3) is 0.250. The van der Waals surface area contributed by atoms with E-state index in [4.69, 9.17) is 9.84 Å². The molecule has 1 heterocycles. The first-order valence-corrected chi connectivity index (χ1v) is 5.01. The number of phenols is 1. The van der Waals surface area contributed by atoms with E-state index in [1.165, 1.54) is 0 Å². The zero-order chi connectivity index (χ0) is 11.5. The molecule has 1 aromatic rings. The lowest BCUT2D eigenvalue weighted by Crippen LogP contribution is -2.19. The molecule has 0 saturated heterocycles. The van der Waals surface area contributed by atoms with E-state index >= 15 is 0 Å². The summed E-state index contributed by atoms with van der Waals surface area (Å²) in [5.41, 5.74) is 0.909. The van der Waals surface area contributed by atoms with E-state index in [2.05, 4.69) is 0 Å². The summed E-state index contributed by atoms with van der Waals surface area (Å²) < 4.78 is 5.40. The Bertz CT molecular complexity index is 437. The van der Waals surface area contributed by atoms with E-state index in [9.17, 15) is 9.90 Å². The minimum Gasteiger partial charge on any atom is -0.504 e. The van der Waals surface area contributed by atoms with Gasteiger partial charge >= 0.3 is 5.97 Å². The lowest BCUT2D eigenvalue weighted by Gasteiger charge is -2.23. The highest BCUT2D eigenvalue weighted by Crippen LogP contribution is 2.35. The molecule has 0 unspecified atom stereocenters. The molecule has 4 heteroatoms. The number of carboxylic acids is 1. The molecule has 2 rings (SSSR count). The zero-order valence-electron chi connectivity index (χ0n) is 8.59. The van der Waals surface area contributed by atoms with Crippen LogP contribution in [0.2, 0.25) is 0 Å². The lowest BCUT2D eigenvalue weighted by atomic mass is 9.96. The molecular formula is C12H12O4. The third kappa shape index (κ3) is 2.16. The van der Waals surface area contributed by atoms with Crippen LogP contribution in [0.4, 0.5) is 0 Å². The van der Waals surface area contributed by atoms with Crippen LogP contribution in [0.5, 0.6) is 11.5 Å². The third-order valence-electron chi connectivity index (χ3n) is 2.51. The molecule has 0 aromatic heterocycles. The molecule has 4 nitrogen and oxygen atoms in total. The van der Waals surface area contributed by atoms with Crippen molar-refractivity contribution >= 4 is 5.97 Å². The summed E-state index contributed by atoms with van der Waals surface area (Å²) in [7, 11) is 0. The Hall–Kier alpha value is -1.97. The van der Waals surface area contributed by atoms with E-state index in [-0.39, 0.29) is 11.7 Å². The number of carbonyl (C=O) groups is 1. The third-order valence-corrected chi connectivity index (χ3v) is 2.51. The van der Waals surface area contributed by atoms with Gasteiger partial charge in [-0.15, -0.1) is 0 Å². The highest BCUT2D eigenvalue weighted by molar-refractivity contribution is 5.79. The van der Waals surface area contributed by atoms with E-state index in [1.807, 2.05) is 6.07 Å². The van der Waals surface area contributed by atoms with Crippen LogP contribution >= 0.6 is 0 Å². The van der Waals surface area contributed by atoms with Crippen molar-refractivity contribution in [3.63, 3.8) is 0 Å². The highest BCUT2D eigenvalue weighted by Gasteiger charge is 2.20. The van der Waals surface area contributed by atoms with Crippen LogP contribution < -0.4 is 4.74 Å². The lowest BCUT2D eigenvalue weighted by molar-refractivity contribution is -0.131. The van der Waals surface area contributed by atoms with Crippen molar-refractivity contribution in [3.8, 4) is 11.5 Å². The van der Waals surface area contributed by atoms with E-state index in [0.29, 0.717) is 18.8 Å². The van der Waals surface area contributed by atoms with Crippen LogP contribution in [0.3, 0.4) is 0 Å². The molecule has 0 radical (unpaired) electrons. The number of hydrogen-bond acceptors (Lipinski definition) is 3. The van der Waals surface area contributed by atoms with Gasteiger partial charge in [0.05, 0.1) is 6.61 Å². The van der Waals surface area contributed by atoms with Gasteiger partial charge in [0, 0.05) is 12.0 Å². The predicted octanol–water partition coefficient (Wildman–Crippen LogP) is 1.58. The van der Waals surface area contributed by atoms with Gasteiger partial charge in [0.15, 0.2) is 11.5 Å². The summed E-state index contributed by atoms with van der Waals surface area (Å²) >= 11 is 0. The molecule has 0 spiro atoms. The minimum absolute atomic E-state index is 0.0467. The average molecular weight is 220 g/mol. The quantitative estimate of drug-likeness (QED) is 0.742. The topological polar surface area (TPSA) is 66.8 Å². The van der Waals surface area contributed by atoms with Crippen LogP contribution in [0, 0.1) is 5.92 Å². The second kappa shape index (κ2) is 4.26. The van der Waals surface area contributed by atoms with Gasteiger partial charge in [-0.25, -0.2) is 4.79 Å². The fourth-order valence-electron chi connectivity index (χ4n) is 1.77. The molecule has 84 valence electrons. The first kappa shape index (κ1) is 10.5. The Kier molecular flexibility index (Phi) is 2.81. The number of rotatable bonds is 2. The van der Waals surface area contributed by atoms with Gasteiger partial charge in [0.25, 0.3) is 0 Å². The second-order valence-corrected chi connectivity index (χ2v) is 3.74. The number of hydrogen-bond donors (Lipinski definition) is 2. The molecule has 1 atom stereocenters. The minimum atomic E-state index is -0.957. The highest BCUT2D eigenvalue weighted by atomic mass is 16.5. The predicted molar refractivity (Wildman–Crippen MR) is 57.6 cm³/mol. The van der Waals surface area contributed by atoms with Crippen molar-refractivity contribution in [1.29, 1.82) is 0 Å². The van der Waals surface area contributed by atoms with Crippen LogP contribution in [-0.4, -0.2) is 22.8 Å². The largest absolute Gasteiger partial charge is 0.504 e. The number of carboxylic acid groups (broad SMARTS) is 1. The number of benzene rings is 1. The van der Waals surface area contributed by atoms with Crippen LogP contribution in [-0.2, 0) is 11.2 Å². The Morgan fingerprint density at radius 3 is 3.06 bits per heavy atom. The van der Waals surface area contributed by atoms with Gasteiger partial charge in [-0.3, -0.25) is 0 Å². The van der Waals surface area contributed by atoms with Gasteiger partial charge in [-0.05, 0) is 18.1 Å². The Morgan fingerprint density at radius 2 is 2.31 bits per heavy atom. The smallest absolute Gasteiger partial charge is 0.327 e. The van der Waals surface area contributed by atoms with Crippen molar-refractivity contribution in [1.82, 2.24) is 0 Å². The normalized spacial score (nSPS) is 19.1. The Labute approximate surface area is 92.8 Å². The van der Waals surface area contributed by atoms with Gasteiger partial charge in [0.2, 0.25) is 0 Å². The standard InChI is InChI=1S/C12H12O4/c13-10-3-1-2-9-6-8(4-5-11(14)15)7-16-12(9)10/h1-5,8,13H,6-7H2,(H,14,15)/b5-4+/t8-/m1/s1. The number of ether oxygens (including phenoxy) is 1. The van der Waals surface area contributed by atoms with Gasteiger partial charge < -0.3 is 14.9 Å². The summed E-state index contributed by atoms with van der Waals surface area (Å²) in [6.07, 6.45) is 3.44. The number of aromatic hydroxyl groups is 1. The molecule has 1 aliphatic heterocycles. The van der Waals surface area contributed by atoms with E-state index in [0.717, 1.165) is 11.6 Å². The van der Waals surface area contributed by atoms with E-state index < -0.39 is 5.97 Å². The molecule has 1 aromatic carbocycles. The molecular weight excluding hydrogens is 208 g/mol. The zero-order valence-corrected chi connectivity index (χ0v) is 8.59. The molecule has 16 heavy (non-hydrogen) atoms. The first-order chi connectivity index (χ1) is 7.66. The van der Waals surface area contributed by atoms with Gasteiger partial charge in [-0.2, -0.15) is 0 Å². The SMILES string of the molecule is O=C(O)/C=C/[C@H]1COc2c(O)cccc2C1. The second-order valence-electron chi connectivity index (χ2n) is 3.74. The molecule has 2 N–H and O–H groups in total. The van der Waals surface area contributed by atoms with Crippen molar-refractivity contribution in [2.24, 2.45) is 5.92 Å². The van der Waals surface area contributed by atoms with Crippen molar-refractivity contribution in [2.75, 3.05) is 6.61 Å². The summed E-state index contributed by atoms with van der Waals surface area (Å²) in [6.45, 7) is 0.397. The number of fused-ring (bicyclic) bond motifs is 1. The average Bonchev–Trinajstić information content (AvgIpc) is 2.26. The number of para-hydroxylation sites is 1.